The lowest BCUT2D eigenvalue weighted by atomic mass is 9.58. The van der Waals surface area contributed by atoms with Gasteiger partial charge in [-0.2, -0.15) is 0 Å². The number of amides is 1. The number of hydrogen-bond donors (Lipinski definition) is 1. The van der Waals surface area contributed by atoms with Crippen LogP contribution < -0.4 is 5.32 Å². The molecule has 2 saturated heterocycles. The van der Waals surface area contributed by atoms with Gasteiger partial charge in [0.05, 0.1) is 17.1 Å². The lowest BCUT2D eigenvalue weighted by Crippen LogP contribution is -2.49. The molecule has 1 amide bonds. The molecule has 0 bridgehead atoms. The van der Waals surface area contributed by atoms with Crippen LogP contribution in [0.25, 0.3) is 0 Å². The van der Waals surface area contributed by atoms with Crippen LogP contribution in [-0.4, -0.2) is 49.6 Å². The highest BCUT2D eigenvalue weighted by atomic mass is 35.5. The molecule has 11 heteroatoms. The third kappa shape index (κ3) is 4.89. The number of carbonyl (C=O) groups excluding carboxylic acids is 4. The minimum Gasteiger partial charge on any atom is -0.580 e. The molecule has 2 fully saturated rings. The van der Waals surface area contributed by atoms with Gasteiger partial charge in [0.15, 0.2) is 6.61 Å². The Balaban J connectivity index is 1.72. The molecule has 0 spiro atoms. The summed E-state index contributed by atoms with van der Waals surface area (Å²) < 4.78 is 13.7. The molecule has 0 aromatic heterocycles. The van der Waals surface area contributed by atoms with E-state index in [2.05, 4.69) is 9.60 Å². The summed E-state index contributed by atoms with van der Waals surface area (Å²) in [6.07, 6.45) is -0.268. The molecule has 0 saturated carbocycles. The normalized spacial score (nSPS) is 24.0. The van der Waals surface area contributed by atoms with Crippen LogP contribution in [0.5, 0.6) is 0 Å². The molecule has 31 heavy (non-hydrogen) atoms. The molecule has 2 aliphatic rings. The monoisotopic (exact) mass is 471 g/mol. The quantitative estimate of drug-likeness (QED) is 0.461. The summed E-state index contributed by atoms with van der Waals surface area (Å²) in [5.41, 5.74) is 0.161. The Hall–Kier alpha value is -2.10. The first-order valence-corrected chi connectivity index (χ1v) is 10.8. The molecular weight excluding hydrogens is 448 g/mol. The van der Waals surface area contributed by atoms with Gasteiger partial charge in [0.1, 0.15) is 5.78 Å². The van der Waals surface area contributed by atoms with E-state index in [9.17, 15) is 19.2 Å². The second kappa shape index (κ2) is 9.18. The van der Waals surface area contributed by atoms with Gasteiger partial charge >= 0.3 is 18.7 Å². The minimum absolute atomic E-state index is 0.0431. The minimum atomic E-state index is -2.50. The highest BCUT2D eigenvalue weighted by Crippen LogP contribution is 2.46. The fraction of sp³-hybridized carbons (Fsp3) is 0.500. The average molecular weight is 472 g/mol. The third-order valence-corrected chi connectivity index (χ3v) is 6.09. The van der Waals surface area contributed by atoms with E-state index in [1.54, 1.807) is 13.0 Å². The number of hydrogen-bond acceptors (Lipinski definition) is 6. The van der Waals surface area contributed by atoms with Crippen molar-refractivity contribution >= 4 is 53.6 Å². The topological polar surface area (TPSA) is 101 Å². The Bertz CT molecular complexity index is 925. The van der Waals surface area contributed by atoms with Crippen LogP contribution in [0.1, 0.15) is 44.0 Å². The van der Waals surface area contributed by atoms with E-state index in [0.29, 0.717) is 11.4 Å². The fourth-order valence-corrected chi connectivity index (χ4v) is 4.53. The predicted octanol–water partition coefficient (Wildman–Crippen LogP) is 3.09. The lowest BCUT2D eigenvalue weighted by molar-refractivity contribution is -0.146. The van der Waals surface area contributed by atoms with E-state index in [0.717, 1.165) is 0 Å². The summed E-state index contributed by atoms with van der Waals surface area (Å²) in [5, 5.41) is 3.10. The number of ketones is 1. The van der Waals surface area contributed by atoms with Crippen LogP contribution in [0.4, 0.5) is 0 Å². The summed E-state index contributed by atoms with van der Waals surface area (Å²) in [4.78, 5) is 49.3. The van der Waals surface area contributed by atoms with Gasteiger partial charge in [-0.1, -0.05) is 43.5 Å². The summed E-state index contributed by atoms with van der Waals surface area (Å²) in [6.45, 7) is 2.63. The van der Waals surface area contributed by atoms with Crippen molar-refractivity contribution in [2.24, 2.45) is 5.92 Å². The van der Waals surface area contributed by atoms with E-state index in [-0.39, 0.29) is 41.9 Å². The first-order chi connectivity index (χ1) is 14.5. The molecule has 8 nitrogen and oxygen atoms in total. The number of rotatable bonds is 8. The molecule has 3 atom stereocenters. The Morgan fingerprint density at radius 3 is 2.65 bits per heavy atom. The van der Waals surface area contributed by atoms with Gasteiger partial charge in [0.25, 0.3) is 5.91 Å². The fourth-order valence-electron chi connectivity index (χ4n) is 4.16. The SMILES string of the molecule is CC(C)C[C@H](CC(=O)CNC(=O)c1cc(Cl)ccc1Cl)[B-]12OC(=O)C[O+]1[C@@H](C)C(=O)O2. The number of carbonyl (C=O) groups is 4. The van der Waals surface area contributed by atoms with Gasteiger partial charge in [-0.05, 0) is 30.5 Å². The van der Waals surface area contributed by atoms with Crippen LogP contribution >= 0.6 is 23.2 Å². The molecule has 1 aromatic rings. The molecule has 1 unspecified atom stereocenters. The van der Waals surface area contributed by atoms with Crippen molar-refractivity contribution in [3.63, 3.8) is 0 Å². The number of fused-ring (bicyclic) bond motifs is 1. The van der Waals surface area contributed by atoms with Gasteiger partial charge < -0.3 is 18.9 Å². The summed E-state index contributed by atoms with van der Waals surface area (Å²) >= 11 is 11.9. The average Bonchev–Trinajstić information content (AvgIpc) is 3.13. The molecule has 1 aromatic carbocycles. The van der Waals surface area contributed by atoms with Crippen molar-refractivity contribution in [1.82, 2.24) is 5.32 Å². The van der Waals surface area contributed by atoms with Crippen molar-refractivity contribution in [2.75, 3.05) is 13.2 Å². The highest BCUT2D eigenvalue weighted by Gasteiger charge is 2.69. The molecule has 2 aliphatic heterocycles. The first kappa shape index (κ1) is 23.6. The lowest BCUT2D eigenvalue weighted by Gasteiger charge is -2.36. The molecule has 1 N–H and O–H groups in total. The van der Waals surface area contributed by atoms with Crippen LogP contribution in [0.2, 0.25) is 15.9 Å². The van der Waals surface area contributed by atoms with Gasteiger partial charge in [0.2, 0.25) is 6.10 Å². The zero-order chi connectivity index (χ0) is 22.9. The number of nitrogens with one attached hydrogen (secondary N) is 1. The van der Waals surface area contributed by atoms with Gasteiger partial charge in [-0.25, -0.2) is 9.59 Å². The number of Topliss-reactive ketones (excluding diaryl/α,β-unsaturated/α-hetero) is 1. The maximum absolute atomic E-state index is 12.7. The van der Waals surface area contributed by atoms with Crippen molar-refractivity contribution in [3.8, 4) is 0 Å². The molecule has 3 rings (SSSR count). The number of benzene rings is 1. The maximum Gasteiger partial charge on any atom is 0.688 e. The second-order valence-electron chi connectivity index (χ2n) is 8.32. The standard InChI is InChI=1S/C20H24BCl2NO7/c1-11(2)6-13(21-29-18(26)10-31(21)12(3)20(28)30-21)7-15(25)9-24-19(27)16-8-14(22)4-5-17(16)23/h4-5,8,11-13H,6-7,9-10H2,1-3H3,(H,24,27)/t12-,13+,21?/m0/s1. The van der Waals surface area contributed by atoms with Gasteiger partial charge in [-0.3, -0.25) is 9.59 Å². The van der Waals surface area contributed by atoms with E-state index in [4.69, 9.17) is 32.5 Å². The molecule has 168 valence electrons. The summed E-state index contributed by atoms with van der Waals surface area (Å²) in [7, 11) is 0. The molecule has 0 aliphatic carbocycles. The zero-order valence-electron chi connectivity index (χ0n) is 17.5. The first-order valence-electron chi connectivity index (χ1n) is 10.1. The summed E-state index contributed by atoms with van der Waals surface area (Å²) in [5.74, 6) is -2.27. The Kier molecular flexibility index (Phi) is 6.98. The second-order valence-corrected chi connectivity index (χ2v) is 9.16. The van der Waals surface area contributed by atoms with Crippen molar-refractivity contribution in [2.45, 2.75) is 45.5 Å². The summed E-state index contributed by atoms with van der Waals surface area (Å²) in [6, 6.07) is 4.47. The van der Waals surface area contributed by atoms with E-state index in [1.807, 2.05) is 13.8 Å². The Labute approximate surface area is 190 Å². The van der Waals surface area contributed by atoms with Crippen molar-refractivity contribution < 1.29 is 32.8 Å². The van der Waals surface area contributed by atoms with Gasteiger partial charge in [0, 0.05) is 17.8 Å². The predicted molar refractivity (Wildman–Crippen MR) is 115 cm³/mol. The maximum atomic E-state index is 12.7. The molecule has 0 radical (unpaired) electrons. The molecule has 2 heterocycles. The van der Waals surface area contributed by atoms with Gasteiger partial charge in [-0.15, -0.1) is 0 Å². The van der Waals surface area contributed by atoms with Crippen molar-refractivity contribution in [3.05, 3.63) is 33.8 Å². The Morgan fingerprint density at radius 1 is 1.26 bits per heavy atom. The third-order valence-electron chi connectivity index (χ3n) is 5.53. The Morgan fingerprint density at radius 2 is 1.97 bits per heavy atom. The van der Waals surface area contributed by atoms with E-state index < -0.39 is 36.5 Å². The van der Waals surface area contributed by atoms with Crippen LogP contribution in [0.3, 0.4) is 0 Å². The highest BCUT2D eigenvalue weighted by molar-refractivity contribution is 6.69. The smallest absolute Gasteiger partial charge is 0.580 e. The zero-order valence-corrected chi connectivity index (χ0v) is 19.0. The van der Waals surface area contributed by atoms with E-state index in [1.165, 1.54) is 12.1 Å². The number of halogens is 2. The molecular formula is C20H24BCl2NO7. The van der Waals surface area contributed by atoms with E-state index >= 15 is 0 Å². The van der Waals surface area contributed by atoms with Crippen LogP contribution in [0.15, 0.2) is 18.2 Å². The van der Waals surface area contributed by atoms with Crippen LogP contribution in [0, 0.1) is 5.92 Å². The van der Waals surface area contributed by atoms with Crippen LogP contribution in [-0.2, 0) is 28.0 Å². The van der Waals surface area contributed by atoms with Crippen molar-refractivity contribution in [1.29, 1.82) is 0 Å². The largest absolute Gasteiger partial charge is 0.688 e.